The summed E-state index contributed by atoms with van der Waals surface area (Å²) in [6, 6.07) is 4.21. The summed E-state index contributed by atoms with van der Waals surface area (Å²) in [7, 11) is 0. The number of hydrogen-bond donors (Lipinski definition) is 0. The molecule has 0 radical (unpaired) electrons. The average Bonchev–Trinajstić information content (AvgIpc) is 2.34. The standard InChI is InChI=1S/C12H6ClF4NO/c1-5-4-6(13)2-3-7(5)19-10-8(14)11(16)18-12(17)9(10)15/h2-4H,1H3. The quantitative estimate of drug-likeness (QED) is 0.604. The van der Waals surface area contributed by atoms with Gasteiger partial charge in [-0.05, 0) is 30.7 Å². The number of pyridine rings is 1. The van der Waals surface area contributed by atoms with Gasteiger partial charge in [-0.3, -0.25) is 0 Å². The second-order valence-electron chi connectivity index (χ2n) is 3.66. The zero-order valence-electron chi connectivity index (χ0n) is 9.48. The molecule has 0 spiro atoms. The predicted octanol–water partition coefficient (Wildman–Crippen LogP) is 4.39. The molecule has 0 aliphatic carbocycles. The highest BCUT2D eigenvalue weighted by molar-refractivity contribution is 6.30. The third-order valence-corrected chi connectivity index (χ3v) is 2.54. The molecule has 0 saturated heterocycles. The molecule has 1 heterocycles. The van der Waals surface area contributed by atoms with Crippen molar-refractivity contribution < 1.29 is 22.3 Å². The van der Waals surface area contributed by atoms with Gasteiger partial charge in [0.05, 0.1) is 0 Å². The van der Waals surface area contributed by atoms with Crippen LogP contribution in [0, 0.1) is 30.5 Å². The SMILES string of the molecule is Cc1cc(Cl)ccc1Oc1c(F)c(F)nc(F)c1F. The predicted molar refractivity (Wildman–Crippen MR) is 60.3 cm³/mol. The van der Waals surface area contributed by atoms with Gasteiger partial charge < -0.3 is 4.74 Å². The van der Waals surface area contributed by atoms with Crippen LogP contribution in [0.4, 0.5) is 17.6 Å². The fraction of sp³-hybridized carbons (Fsp3) is 0.0833. The lowest BCUT2D eigenvalue weighted by Gasteiger charge is -2.10. The largest absolute Gasteiger partial charge is 0.451 e. The molecular weight excluding hydrogens is 286 g/mol. The minimum absolute atomic E-state index is 0.0206. The van der Waals surface area contributed by atoms with Gasteiger partial charge in [0.1, 0.15) is 5.75 Å². The number of hydrogen-bond acceptors (Lipinski definition) is 2. The number of nitrogens with zero attached hydrogens (tertiary/aromatic N) is 1. The summed E-state index contributed by atoms with van der Waals surface area (Å²) in [6.07, 6.45) is 0. The minimum Gasteiger partial charge on any atom is -0.451 e. The first-order valence-electron chi connectivity index (χ1n) is 5.04. The second kappa shape index (κ2) is 5.05. The second-order valence-corrected chi connectivity index (χ2v) is 4.10. The first-order chi connectivity index (χ1) is 8.90. The van der Waals surface area contributed by atoms with E-state index in [9.17, 15) is 17.6 Å². The van der Waals surface area contributed by atoms with Gasteiger partial charge in [-0.2, -0.15) is 22.5 Å². The van der Waals surface area contributed by atoms with Gasteiger partial charge in [0.15, 0.2) is 0 Å². The molecule has 1 aromatic carbocycles. The number of halogens is 5. The zero-order chi connectivity index (χ0) is 14.2. The van der Waals surface area contributed by atoms with E-state index in [4.69, 9.17) is 16.3 Å². The number of aryl methyl sites for hydroxylation is 1. The highest BCUT2D eigenvalue weighted by Crippen LogP contribution is 2.32. The van der Waals surface area contributed by atoms with Crippen molar-refractivity contribution in [3.63, 3.8) is 0 Å². The van der Waals surface area contributed by atoms with Crippen molar-refractivity contribution in [1.82, 2.24) is 4.98 Å². The Kier molecular flexibility index (Phi) is 3.61. The molecule has 0 aliphatic rings. The van der Waals surface area contributed by atoms with Crippen molar-refractivity contribution in [2.75, 3.05) is 0 Å². The van der Waals surface area contributed by atoms with Crippen molar-refractivity contribution in [3.05, 3.63) is 52.3 Å². The topological polar surface area (TPSA) is 22.1 Å². The Morgan fingerprint density at radius 3 is 2.16 bits per heavy atom. The summed E-state index contributed by atoms with van der Waals surface area (Å²) < 4.78 is 57.3. The van der Waals surface area contributed by atoms with Crippen molar-refractivity contribution in [3.8, 4) is 11.5 Å². The van der Waals surface area contributed by atoms with E-state index in [0.717, 1.165) is 0 Å². The van der Waals surface area contributed by atoms with Crippen LogP contribution >= 0.6 is 11.6 Å². The van der Waals surface area contributed by atoms with Crippen LogP contribution < -0.4 is 4.74 Å². The zero-order valence-corrected chi connectivity index (χ0v) is 10.2. The number of ether oxygens (including phenoxy) is 1. The first-order valence-corrected chi connectivity index (χ1v) is 5.42. The molecule has 0 amide bonds. The number of aromatic nitrogens is 1. The molecule has 2 aromatic rings. The highest BCUT2D eigenvalue weighted by Gasteiger charge is 2.23. The lowest BCUT2D eigenvalue weighted by molar-refractivity contribution is 0.342. The van der Waals surface area contributed by atoms with Crippen LogP contribution in [-0.4, -0.2) is 4.98 Å². The van der Waals surface area contributed by atoms with Crippen LogP contribution in [-0.2, 0) is 0 Å². The van der Waals surface area contributed by atoms with E-state index in [1.165, 1.54) is 18.2 Å². The summed E-state index contributed by atoms with van der Waals surface area (Å²) in [5.41, 5.74) is 0.448. The van der Waals surface area contributed by atoms with Crippen LogP contribution in [0.25, 0.3) is 0 Å². The smallest absolute Gasteiger partial charge is 0.255 e. The third kappa shape index (κ3) is 2.63. The lowest BCUT2D eigenvalue weighted by Crippen LogP contribution is -2.03. The summed E-state index contributed by atoms with van der Waals surface area (Å²) in [5, 5.41) is 0.387. The summed E-state index contributed by atoms with van der Waals surface area (Å²) in [6.45, 7) is 1.56. The van der Waals surface area contributed by atoms with Gasteiger partial charge in [-0.1, -0.05) is 11.6 Å². The van der Waals surface area contributed by atoms with E-state index in [0.29, 0.717) is 10.6 Å². The van der Waals surface area contributed by atoms with E-state index in [2.05, 4.69) is 4.98 Å². The highest BCUT2D eigenvalue weighted by atomic mass is 35.5. The van der Waals surface area contributed by atoms with Gasteiger partial charge in [0.25, 0.3) is 11.9 Å². The first kappa shape index (κ1) is 13.6. The molecule has 0 aliphatic heterocycles. The molecule has 2 rings (SSSR count). The third-order valence-electron chi connectivity index (χ3n) is 2.31. The van der Waals surface area contributed by atoms with E-state index < -0.39 is 29.3 Å². The number of rotatable bonds is 2. The van der Waals surface area contributed by atoms with Crippen molar-refractivity contribution in [2.45, 2.75) is 6.92 Å². The van der Waals surface area contributed by atoms with Gasteiger partial charge in [0, 0.05) is 5.02 Å². The maximum atomic E-state index is 13.3. The Morgan fingerprint density at radius 2 is 1.63 bits per heavy atom. The Bertz CT molecular complexity index is 622. The molecule has 0 fully saturated rings. The molecule has 1 aromatic heterocycles. The van der Waals surface area contributed by atoms with E-state index in [-0.39, 0.29) is 5.75 Å². The number of benzene rings is 1. The van der Waals surface area contributed by atoms with Crippen LogP contribution in [0.3, 0.4) is 0 Å². The molecule has 0 N–H and O–H groups in total. The van der Waals surface area contributed by atoms with E-state index in [1.54, 1.807) is 6.92 Å². The molecule has 0 saturated carbocycles. The molecular formula is C12H6ClF4NO. The maximum absolute atomic E-state index is 13.3. The van der Waals surface area contributed by atoms with Gasteiger partial charge >= 0.3 is 0 Å². The van der Waals surface area contributed by atoms with E-state index in [1.807, 2.05) is 0 Å². The Morgan fingerprint density at radius 1 is 1.05 bits per heavy atom. The van der Waals surface area contributed by atoms with E-state index >= 15 is 0 Å². The molecule has 0 atom stereocenters. The molecule has 7 heteroatoms. The van der Waals surface area contributed by atoms with Crippen LogP contribution in [0.1, 0.15) is 5.56 Å². The Balaban J connectivity index is 2.49. The fourth-order valence-corrected chi connectivity index (χ4v) is 1.62. The molecule has 2 nitrogen and oxygen atoms in total. The van der Waals surface area contributed by atoms with Gasteiger partial charge in [-0.25, -0.2) is 0 Å². The van der Waals surface area contributed by atoms with Crippen LogP contribution in [0.15, 0.2) is 18.2 Å². The molecule has 100 valence electrons. The summed E-state index contributed by atoms with van der Waals surface area (Å²) in [5.74, 6) is -8.12. The van der Waals surface area contributed by atoms with Crippen molar-refractivity contribution >= 4 is 11.6 Å². The Hall–Kier alpha value is -1.82. The average molecular weight is 292 g/mol. The fourth-order valence-electron chi connectivity index (χ4n) is 1.39. The molecule has 0 unspecified atom stereocenters. The summed E-state index contributed by atoms with van der Waals surface area (Å²) in [4.78, 5) is 2.43. The normalized spacial score (nSPS) is 10.6. The minimum atomic E-state index is -1.78. The molecule has 0 bridgehead atoms. The van der Waals surface area contributed by atoms with Gasteiger partial charge in [0.2, 0.25) is 17.4 Å². The van der Waals surface area contributed by atoms with Gasteiger partial charge in [-0.15, -0.1) is 0 Å². The van der Waals surface area contributed by atoms with Crippen LogP contribution in [0.5, 0.6) is 11.5 Å². The monoisotopic (exact) mass is 291 g/mol. The van der Waals surface area contributed by atoms with Crippen LogP contribution in [0.2, 0.25) is 5.02 Å². The lowest BCUT2D eigenvalue weighted by atomic mass is 10.2. The Labute approximate surface area is 110 Å². The summed E-state index contributed by atoms with van der Waals surface area (Å²) >= 11 is 5.70. The maximum Gasteiger partial charge on any atom is 0.255 e. The van der Waals surface area contributed by atoms with Crippen molar-refractivity contribution in [2.24, 2.45) is 0 Å². The molecule has 19 heavy (non-hydrogen) atoms. The van der Waals surface area contributed by atoms with Crippen molar-refractivity contribution in [1.29, 1.82) is 0 Å².